The van der Waals surface area contributed by atoms with Crippen molar-refractivity contribution in [1.29, 1.82) is 0 Å². The predicted octanol–water partition coefficient (Wildman–Crippen LogP) is 1.94. The number of carbonyl (C=O) groups is 1. The number of nitrogens with one attached hydrogen (secondary N) is 2. The summed E-state index contributed by atoms with van der Waals surface area (Å²) in [6.45, 7) is 7.04. The fraction of sp³-hybridized carbons (Fsp3) is 0.611. The van der Waals surface area contributed by atoms with Gasteiger partial charge in [-0.25, -0.2) is 4.79 Å². The minimum Gasteiger partial charge on any atom is -0.381 e. The van der Waals surface area contributed by atoms with Gasteiger partial charge in [0.25, 0.3) is 0 Å². The number of nitrogens with zero attached hydrogens (tertiary/aromatic N) is 2. The van der Waals surface area contributed by atoms with Crippen molar-refractivity contribution < 1.29 is 9.53 Å². The number of piperazine rings is 1. The maximum atomic E-state index is 11.9. The molecule has 0 aliphatic carbocycles. The highest BCUT2D eigenvalue weighted by molar-refractivity contribution is 6.30. The number of anilines is 1. The van der Waals surface area contributed by atoms with Crippen LogP contribution in [0.5, 0.6) is 0 Å². The highest BCUT2D eigenvalue weighted by atomic mass is 35.5. The van der Waals surface area contributed by atoms with E-state index in [0.717, 1.165) is 63.8 Å². The van der Waals surface area contributed by atoms with E-state index in [1.54, 1.807) is 0 Å². The van der Waals surface area contributed by atoms with Crippen LogP contribution in [0.2, 0.25) is 5.02 Å². The molecule has 138 valence electrons. The molecule has 0 aromatic heterocycles. The van der Waals surface area contributed by atoms with Gasteiger partial charge in [0.2, 0.25) is 0 Å². The zero-order chi connectivity index (χ0) is 17.5. The fourth-order valence-corrected chi connectivity index (χ4v) is 3.41. The average Bonchev–Trinajstić information content (AvgIpc) is 2.64. The lowest BCUT2D eigenvalue weighted by molar-refractivity contribution is 0.0800. The Morgan fingerprint density at radius 3 is 2.48 bits per heavy atom. The topological polar surface area (TPSA) is 56.8 Å². The van der Waals surface area contributed by atoms with Crippen molar-refractivity contribution in [2.45, 2.75) is 18.9 Å². The molecule has 25 heavy (non-hydrogen) atoms. The molecule has 7 heteroatoms. The number of hydrogen-bond acceptors (Lipinski definition) is 4. The first kappa shape index (κ1) is 18.3. The second-order valence-corrected chi connectivity index (χ2v) is 7.03. The van der Waals surface area contributed by atoms with E-state index in [9.17, 15) is 4.79 Å². The van der Waals surface area contributed by atoms with E-state index in [-0.39, 0.29) is 12.1 Å². The quantitative estimate of drug-likeness (QED) is 0.836. The number of amides is 2. The predicted molar refractivity (Wildman–Crippen MR) is 100 cm³/mol. The zero-order valence-corrected chi connectivity index (χ0v) is 15.3. The van der Waals surface area contributed by atoms with Crippen LogP contribution < -0.4 is 15.5 Å². The summed E-state index contributed by atoms with van der Waals surface area (Å²) in [6, 6.07) is 8.19. The van der Waals surface area contributed by atoms with Crippen LogP contribution >= 0.6 is 11.6 Å². The third kappa shape index (κ3) is 5.76. The molecule has 0 saturated carbocycles. The summed E-state index contributed by atoms with van der Waals surface area (Å²) in [7, 11) is 0. The van der Waals surface area contributed by atoms with E-state index < -0.39 is 0 Å². The standard InChI is InChI=1S/C18H27ClN4O2/c19-15-1-3-17(4-2-15)23-11-9-22(10-12-23)8-7-20-18(24)21-16-5-13-25-14-6-16/h1-4,16H,5-14H2,(H2,20,21,24). The molecule has 2 N–H and O–H groups in total. The molecule has 6 nitrogen and oxygen atoms in total. The molecular weight excluding hydrogens is 340 g/mol. The van der Waals surface area contributed by atoms with Gasteiger partial charge < -0.3 is 20.3 Å². The summed E-state index contributed by atoms with van der Waals surface area (Å²) < 4.78 is 5.30. The van der Waals surface area contributed by atoms with E-state index in [0.29, 0.717) is 6.54 Å². The highest BCUT2D eigenvalue weighted by Gasteiger charge is 2.18. The van der Waals surface area contributed by atoms with Crippen LogP contribution in [0.3, 0.4) is 0 Å². The summed E-state index contributed by atoms with van der Waals surface area (Å²) >= 11 is 5.95. The average molecular weight is 367 g/mol. The number of benzene rings is 1. The van der Waals surface area contributed by atoms with Gasteiger partial charge in [0.05, 0.1) is 0 Å². The summed E-state index contributed by atoms with van der Waals surface area (Å²) in [5.74, 6) is 0. The third-order valence-electron chi connectivity index (χ3n) is 4.83. The van der Waals surface area contributed by atoms with E-state index in [1.165, 1.54) is 5.69 Å². The van der Waals surface area contributed by atoms with Crippen molar-refractivity contribution in [3.05, 3.63) is 29.3 Å². The largest absolute Gasteiger partial charge is 0.381 e. The van der Waals surface area contributed by atoms with Crippen LogP contribution in [0.4, 0.5) is 10.5 Å². The SMILES string of the molecule is O=C(NCCN1CCN(c2ccc(Cl)cc2)CC1)NC1CCOCC1. The summed E-state index contributed by atoms with van der Waals surface area (Å²) in [5, 5.41) is 6.76. The lowest BCUT2D eigenvalue weighted by Crippen LogP contribution is -2.50. The molecule has 2 heterocycles. The van der Waals surface area contributed by atoms with E-state index in [4.69, 9.17) is 16.3 Å². The Morgan fingerprint density at radius 1 is 1.12 bits per heavy atom. The number of halogens is 1. The molecule has 0 bridgehead atoms. The van der Waals surface area contributed by atoms with Gasteiger partial charge in [0, 0.05) is 69.2 Å². The first-order chi connectivity index (χ1) is 12.2. The van der Waals surface area contributed by atoms with Crippen LogP contribution in [-0.4, -0.2) is 69.5 Å². The van der Waals surface area contributed by atoms with Gasteiger partial charge in [0.15, 0.2) is 0 Å². The maximum absolute atomic E-state index is 11.9. The van der Waals surface area contributed by atoms with Crippen LogP contribution in [-0.2, 0) is 4.74 Å². The number of carbonyl (C=O) groups excluding carboxylic acids is 1. The molecule has 2 fully saturated rings. The number of urea groups is 1. The van der Waals surface area contributed by atoms with E-state index >= 15 is 0 Å². The lowest BCUT2D eigenvalue weighted by atomic mass is 10.1. The van der Waals surface area contributed by atoms with Crippen LogP contribution in [0.1, 0.15) is 12.8 Å². The molecule has 3 rings (SSSR count). The minimum absolute atomic E-state index is 0.0632. The fourth-order valence-electron chi connectivity index (χ4n) is 3.29. The van der Waals surface area contributed by atoms with Crippen LogP contribution in [0.25, 0.3) is 0 Å². The molecule has 1 aromatic rings. The molecule has 2 amide bonds. The van der Waals surface area contributed by atoms with Crippen molar-refractivity contribution in [3.63, 3.8) is 0 Å². The number of hydrogen-bond donors (Lipinski definition) is 2. The van der Waals surface area contributed by atoms with E-state index in [2.05, 4.69) is 32.6 Å². The Labute approximate surface area is 154 Å². The van der Waals surface area contributed by atoms with Crippen LogP contribution in [0, 0.1) is 0 Å². The second kappa shape index (κ2) is 9.27. The van der Waals surface area contributed by atoms with Crippen molar-refractivity contribution >= 4 is 23.3 Å². The first-order valence-corrected chi connectivity index (χ1v) is 9.43. The number of ether oxygens (including phenoxy) is 1. The van der Waals surface area contributed by atoms with Gasteiger partial charge in [-0.05, 0) is 37.1 Å². The van der Waals surface area contributed by atoms with E-state index in [1.807, 2.05) is 12.1 Å². The van der Waals surface area contributed by atoms with Crippen molar-refractivity contribution in [1.82, 2.24) is 15.5 Å². The van der Waals surface area contributed by atoms with Gasteiger partial charge in [-0.2, -0.15) is 0 Å². The molecule has 2 saturated heterocycles. The Morgan fingerprint density at radius 2 is 1.80 bits per heavy atom. The van der Waals surface area contributed by atoms with Gasteiger partial charge in [-0.3, -0.25) is 4.90 Å². The van der Waals surface area contributed by atoms with Crippen LogP contribution in [0.15, 0.2) is 24.3 Å². The Bertz CT molecular complexity index is 541. The smallest absolute Gasteiger partial charge is 0.315 e. The van der Waals surface area contributed by atoms with Crippen molar-refractivity contribution in [2.24, 2.45) is 0 Å². The molecule has 0 atom stereocenters. The van der Waals surface area contributed by atoms with Gasteiger partial charge >= 0.3 is 6.03 Å². The molecule has 0 radical (unpaired) electrons. The highest BCUT2D eigenvalue weighted by Crippen LogP contribution is 2.19. The molecular formula is C18H27ClN4O2. The van der Waals surface area contributed by atoms with Gasteiger partial charge in [-0.15, -0.1) is 0 Å². The van der Waals surface area contributed by atoms with Crippen molar-refractivity contribution in [3.8, 4) is 0 Å². The van der Waals surface area contributed by atoms with Crippen molar-refractivity contribution in [2.75, 3.05) is 57.4 Å². The minimum atomic E-state index is -0.0632. The molecule has 0 unspecified atom stereocenters. The zero-order valence-electron chi connectivity index (χ0n) is 14.5. The van der Waals surface area contributed by atoms with Gasteiger partial charge in [-0.1, -0.05) is 11.6 Å². The number of rotatable bonds is 5. The Hall–Kier alpha value is -1.50. The Balaban J connectivity index is 1.31. The Kier molecular flexibility index (Phi) is 6.78. The summed E-state index contributed by atoms with van der Waals surface area (Å²) in [4.78, 5) is 16.7. The lowest BCUT2D eigenvalue weighted by Gasteiger charge is -2.36. The summed E-state index contributed by atoms with van der Waals surface area (Å²) in [5.41, 5.74) is 1.22. The maximum Gasteiger partial charge on any atom is 0.315 e. The molecule has 2 aliphatic heterocycles. The molecule has 2 aliphatic rings. The first-order valence-electron chi connectivity index (χ1n) is 9.06. The summed E-state index contributed by atoms with van der Waals surface area (Å²) in [6.07, 6.45) is 1.81. The normalized spacial score (nSPS) is 19.6. The monoisotopic (exact) mass is 366 g/mol. The van der Waals surface area contributed by atoms with Gasteiger partial charge in [0.1, 0.15) is 0 Å². The molecule has 1 aromatic carbocycles. The molecule has 0 spiro atoms. The second-order valence-electron chi connectivity index (χ2n) is 6.59. The third-order valence-corrected chi connectivity index (χ3v) is 5.09.